The molecule has 0 aliphatic heterocycles. The van der Waals surface area contributed by atoms with Gasteiger partial charge in [-0.1, -0.05) is 65.0 Å². The first-order valence-corrected chi connectivity index (χ1v) is 11.9. The van der Waals surface area contributed by atoms with Crippen molar-refractivity contribution in [2.24, 2.45) is 0 Å². The standard InChI is InChI=1S/C29H29NS/c1-17(2)21-8-7-9-22-23(21)10-11-25-24(22)12-13-30-27(25)19-15-20-14-18(3)31-28(20)26(16-19)29(4,5)6/h7-17H,1-6H3. The minimum atomic E-state index is 0.0784. The molecule has 1 nitrogen and oxygen atoms in total. The largest absolute Gasteiger partial charge is 0.256 e. The predicted molar refractivity (Wildman–Crippen MR) is 138 cm³/mol. The molecule has 31 heavy (non-hydrogen) atoms. The van der Waals surface area contributed by atoms with Gasteiger partial charge in [0.25, 0.3) is 0 Å². The molecule has 0 N–H and O–H groups in total. The molecule has 0 unspecified atom stereocenters. The minimum absolute atomic E-state index is 0.0784. The van der Waals surface area contributed by atoms with Crippen molar-refractivity contribution in [1.29, 1.82) is 0 Å². The quantitative estimate of drug-likeness (QED) is 0.258. The number of aryl methyl sites for hydroxylation is 1. The molecule has 156 valence electrons. The SMILES string of the molecule is Cc1cc2cc(-c3nccc4c3ccc3c(C(C)C)cccc34)cc(C(C)(C)C)c2s1. The van der Waals surface area contributed by atoms with Crippen LogP contribution < -0.4 is 0 Å². The first kappa shape index (κ1) is 20.2. The maximum Gasteiger partial charge on any atom is 0.0780 e. The highest BCUT2D eigenvalue weighted by molar-refractivity contribution is 7.19. The number of benzene rings is 3. The summed E-state index contributed by atoms with van der Waals surface area (Å²) in [5.74, 6) is 0.501. The van der Waals surface area contributed by atoms with Crippen molar-refractivity contribution in [1.82, 2.24) is 4.98 Å². The van der Waals surface area contributed by atoms with E-state index >= 15 is 0 Å². The maximum absolute atomic E-state index is 4.88. The summed E-state index contributed by atoms with van der Waals surface area (Å²) in [5, 5.41) is 6.50. The van der Waals surface area contributed by atoms with Gasteiger partial charge in [-0.15, -0.1) is 11.3 Å². The van der Waals surface area contributed by atoms with E-state index in [0.29, 0.717) is 5.92 Å². The summed E-state index contributed by atoms with van der Waals surface area (Å²) >= 11 is 1.90. The summed E-state index contributed by atoms with van der Waals surface area (Å²) < 4.78 is 1.40. The number of thiophene rings is 1. The Morgan fingerprint density at radius 2 is 1.58 bits per heavy atom. The fraction of sp³-hybridized carbons (Fsp3) is 0.276. The van der Waals surface area contributed by atoms with Crippen LogP contribution in [0.2, 0.25) is 0 Å². The second kappa shape index (κ2) is 7.17. The number of pyridine rings is 1. The third kappa shape index (κ3) is 3.34. The molecule has 0 radical (unpaired) electrons. The molecule has 3 aromatic carbocycles. The van der Waals surface area contributed by atoms with Crippen LogP contribution in [0.3, 0.4) is 0 Å². The lowest BCUT2D eigenvalue weighted by Gasteiger charge is -2.21. The predicted octanol–water partition coefficient (Wildman–Crippen LogP) is 9.00. The molecule has 0 saturated carbocycles. The summed E-state index contributed by atoms with van der Waals surface area (Å²) in [4.78, 5) is 6.24. The van der Waals surface area contributed by atoms with Crippen LogP contribution in [0, 0.1) is 6.92 Å². The molecule has 0 aliphatic carbocycles. The van der Waals surface area contributed by atoms with Crippen LogP contribution in [-0.2, 0) is 5.41 Å². The molecule has 0 amide bonds. The number of hydrogen-bond donors (Lipinski definition) is 0. The van der Waals surface area contributed by atoms with Gasteiger partial charge in [0.05, 0.1) is 5.69 Å². The van der Waals surface area contributed by atoms with Gasteiger partial charge < -0.3 is 0 Å². The fourth-order valence-electron chi connectivity index (χ4n) is 4.76. The zero-order valence-electron chi connectivity index (χ0n) is 19.2. The van der Waals surface area contributed by atoms with E-state index in [2.05, 4.69) is 96.1 Å². The smallest absolute Gasteiger partial charge is 0.0780 e. The molecule has 0 saturated heterocycles. The van der Waals surface area contributed by atoms with Gasteiger partial charge in [0.2, 0.25) is 0 Å². The molecular formula is C29H29NS. The summed E-state index contributed by atoms with van der Waals surface area (Å²) in [6.45, 7) is 13.6. The summed E-state index contributed by atoms with van der Waals surface area (Å²) in [6, 6.07) is 20.4. The Hall–Kier alpha value is -2.71. The number of hydrogen-bond acceptors (Lipinski definition) is 2. The summed E-state index contributed by atoms with van der Waals surface area (Å²) in [6.07, 6.45) is 1.97. The van der Waals surface area contributed by atoms with Gasteiger partial charge in [-0.25, -0.2) is 0 Å². The van der Waals surface area contributed by atoms with E-state index in [1.165, 1.54) is 53.2 Å². The van der Waals surface area contributed by atoms with E-state index in [9.17, 15) is 0 Å². The van der Waals surface area contributed by atoms with Gasteiger partial charge in [-0.3, -0.25) is 4.98 Å². The van der Waals surface area contributed by atoms with Gasteiger partial charge in [0.1, 0.15) is 0 Å². The Balaban J connectivity index is 1.83. The Bertz CT molecular complexity index is 1450. The molecule has 2 aromatic heterocycles. The van der Waals surface area contributed by atoms with Crippen LogP contribution in [-0.4, -0.2) is 4.98 Å². The van der Waals surface area contributed by atoms with Crippen LogP contribution in [0.4, 0.5) is 0 Å². The third-order valence-corrected chi connectivity index (χ3v) is 7.38. The Labute approximate surface area is 188 Å². The van der Waals surface area contributed by atoms with Crippen molar-refractivity contribution < 1.29 is 0 Å². The zero-order chi connectivity index (χ0) is 21.9. The Kier molecular flexibility index (Phi) is 4.67. The van der Waals surface area contributed by atoms with Gasteiger partial charge in [0, 0.05) is 26.7 Å². The molecule has 0 atom stereocenters. The van der Waals surface area contributed by atoms with Crippen molar-refractivity contribution in [2.45, 2.75) is 52.9 Å². The number of fused-ring (bicyclic) bond motifs is 4. The molecular weight excluding hydrogens is 394 g/mol. The van der Waals surface area contributed by atoms with Crippen LogP contribution in [0.5, 0.6) is 0 Å². The Morgan fingerprint density at radius 1 is 0.839 bits per heavy atom. The summed E-state index contributed by atoms with van der Waals surface area (Å²) in [7, 11) is 0. The second-order valence-corrected chi connectivity index (χ2v) is 11.2. The highest BCUT2D eigenvalue weighted by Gasteiger charge is 2.21. The van der Waals surface area contributed by atoms with Crippen molar-refractivity contribution in [2.75, 3.05) is 0 Å². The van der Waals surface area contributed by atoms with Crippen LogP contribution in [0.15, 0.2) is 60.8 Å². The van der Waals surface area contributed by atoms with Gasteiger partial charge in [-0.05, 0) is 75.2 Å². The number of rotatable bonds is 2. The second-order valence-electron chi connectivity index (χ2n) is 9.97. The van der Waals surface area contributed by atoms with Crippen LogP contribution in [0.1, 0.15) is 56.5 Å². The maximum atomic E-state index is 4.88. The fourth-order valence-corrected chi connectivity index (χ4v) is 5.98. The number of nitrogens with zero attached hydrogens (tertiary/aromatic N) is 1. The Morgan fingerprint density at radius 3 is 2.32 bits per heavy atom. The molecule has 5 aromatic rings. The first-order chi connectivity index (χ1) is 14.7. The lowest BCUT2D eigenvalue weighted by molar-refractivity contribution is 0.597. The zero-order valence-corrected chi connectivity index (χ0v) is 20.0. The normalized spacial score (nSPS) is 12.5. The van der Waals surface area contributed by atoms with E-state index in [1.807, 2.05) is 17.5 Å². The van der Waals surface area contributed by atoms with Crippen molar-refractivity contribution in [3.63, 3.8) is 0 Å². The molecule has 0 aliphatic rings. The van der Waals surface area contributed by atoms with E-state index in [1.54, 1.807) is 0 Å². The van der Waals surface area contributed by atoms with Gasteiger partial charge in [0.15, 0.2) is 0 Å². The van der Waals surface area contributed by atoms with Crippen molar-refractivity contribution >= 4 is 43.0 Å². The van der Waals surface area contributed by atoms with E-state index in [-0.39, 0.29) is 5.41 Å². The van der Waals surface area contributed by atoms with E-state index < -0.39 is 0 Å². The molecule has 2 heterocycles. The molecule has 0 bridgehead atoms. The lowest BCUT2D eigenvalue weighted by Crippen LogP contribution is -2.11. The highest BCUT2D eigenvalue weighted by Crippen LogP contribution is 2.41. The molecule has 0 fully saturated rings. The topological polar surface area (TPSA) is 12.9 Å². The average Bonchev–Trinajstić information content (AvgIpc) is 3.10. The van der Waals surface area contributed by atoms with E-state index in [4.69, 9.17) is 4.98 Å². The van der Waals surface area contributed by atoms with Crippen molar-refractivity contribution in [3.8, 4) is 11.3 Å². The van der Waals surface area contributed by atoms with Crippen molar-refractivity contribution in [3.05, 3.63) is 76.8 Å². The minimum Gasteiger partial charge on any atom is -0.256 e. The van der Waals surface area contributed by atoms with Gasteiger partial charge >= 0.3 is 0 Å². The van der Waals surface area contributed by atoms with Gasteiger partial charge in [-0.2, -0.15) is 0 Å². The van der Waals surface area contributed by atoms with Crippen LogP contribution in [0.25, 0.3) is 42.9 Å². The van der Waals surface area contributed by atoms with Crippen LogP contribution >= 0.6 is 11.3 Å². The van der Waals surface area contributed by atoms with E-state index in [0.717, 1.165) is 5.69 Å². The highest BCUT2D eigenvalue weighted by atomic mass is 32.1. The first-order valence-electron chi connectivity index (χ1n) is 11.1. The lowest BCUT2D eigenvalue weighted by atomic mass is 9.84. The molecule has 0 spiro atoms. The number of aromatic nitrogens is 1. The summed E-state index contributed by atoms with van der Waals surface area (Å²) in [5.41, 5.74) is 5.17. The molecule has 5 rings (SSSR count). The molecule has 2 heteroatoms. The monoisotopic (exact) mass is 423 g/mol. The third-order valence-electron chi connectivity index (χ3n) is 6.28. The average molecular weight is 424 g/mol.